The van der Waals surface area contributed by atoms with Gasteiger partial charge >= 0.3 is 0 Å². The summed E-state index contributed by atoms with van der Waals surface area (Å²) >= 11 is 0. The predicted octanol–water partition coefficient (Wildman–Crippen LogP) is 0.224. The molecule has 3 N–H and O–H groups in total. The van der Waals surface area contributed by atoms with Crippen LogP contribution in [0.2, 0.25) is 0 Å². The number of hydrogen-bond donors (Lipinski definition) is 3. The summed E-state index contributed by atoms with van der Waals surface area (Å²) in [5.74, 6) is -1.47. The van der Waals surface area contributed by atoms with Gasteiger partial charge in [-0.05, 0) is 26.2 Å². The molecule has 0 saturated carbocycles. The van der Waals surface area contributed by atoms with Gasteiger partial charge in [0.25, 0.3) is 5.91 Å². The Bertz CT molecular complexity index is 883. The van der Waals surface area contributed by atoms with Crippen molar-refractivity contribution in [1.29, 1.82) is 0 Å². The summed E-state index contributed by atoms with van der Waals surface area (Å²) in [4.78, 5) is 50.1. The predicted molar refractivity (Wildman–Crippen MR) is 132 cm³/mol. The van der Waals surface area contributed by atoms with Crippen LogP contribution in [0, 0.1) is 5.92 Å². The van der Waals surface area contributed by atoms with Gasteiger partial charge in [0, 0.05) is 34.0 Å². The van der Waals surface area contributed by atoms with E-state index >= 15 is 0 Å². The van der Waals surface area contributed by atoms with Crippen molar-refractivity contribution in [3.63, 3.8) is 0 Å². The van der Waals surface area contributed by atoms with Crippen LogP contribution in [0.4, 0.5) is 0 Å². The van der Waals surface area contributed by atoms with E-state index < -0.39 is 35.4 Å². The first-order valence-electron chi connectivity index (χ1n) is 12.0. The number of nitrogens with one attached hydrogen (secondary N) is 3. The molecule has 1 aliphatic rings. The Balaban J connectivity index is 0.00000217. The number of nitrogens with zero attached hydrogens (tertiary/aromatic N) is 1. The maximum Gasteiger partial charge on any atom is 0.274 e. The Morgan fingerprint density at radius 3 is 2.32 bits per heavy atom. The van der Waals surface area contributed by atoms with Crippen LogP contribution in [-0.4, -0.2) is 94.0 Å². The van der Waals surface area contributed by atoms with Gasteiger partial charge in [0.2, 0.25) is 11.8 Å². The number of carbonyl (C=O) groups is 4. The monoisotopic (exact) mass is 528 g/mol. The number of carbonyl (C=O) groups excluding carboxylic acids is 4. The Labute approximate surface area is 217 Å². The molecule has 0 bridgehead atoms. The third-order valence-electron chi connectivity index (χ3n) is 5.08. The lowest BCUT2D eigenvalue weighted by atomic mass is 9.93. The molecule has 3 amide bonds. The van der Waals surface area contributed by atoms with Crippen molar-refractivity contribution in [3.05, 3.63) is 17.5 Å². The molecule has 0 aromatic carbocycles. The number of ether oxygens (including phenoxy) is 4. The molecule has 1 aromatic rings. The molecular formula is C24H40N4O9. The minimum absolute atomic E-state index is 0.0211. The van der Waals surface area contributed by atoms with Gasteiger partial charge in [-0.15, -0.1) is 0 Å². The molecule has 0 radical (unpaired) electrons. The average Bonchev–Trinajstić information content (AvgIpc) is 3.41. The fourth-order valence-corrected chi connectivity index (χ4v) is 3.13. The van der Waals surface area contributed by atoms with E-state index in [1.165, 1.54) is 13.2 Å². The molecule has 2 rings (SSSR count). The normalized spacial score (nSPS) is 17.7. The second-order valence-corrected chi connectivity index (χ2v) is 9.06. The Morgan fingerprint density at radius 1 is 1.14 bits per heavy atom. The highest BCUT2D eigenvalue weighted by Gasteiger charge is 2.50. The van der Waals surface area contributed by atoms with E-state index in [4.69, 9.17) is 18.7 Å². The molecule has 13 heteroatoms. The smallest absolute Gasteiger partial charge is 0.274 e. The molecular weight excluding hydrogens is 488 g/mol. The van der Waals surface area contributed by atoms with Crippen LogP contribution in [0.15, 0.2) is 10.6 Å². The Kier molecular flexibility index (Phi) is 14.0. The summed E-state index contributed by atoms with van der Waals surface area (Å²) in [5, 5.41) is 11.3. The van der Waals surface area contributed by atoms with Crippen LogP contribution in [0.3, 0.4) is 0 Å². The zero-order valence-electron chi connectivity index (χ0n) is 22.7. The summed E-state index contributed by atoms with van der Waals surface area (Å²) in [5.41, 5.74) is -0.889. The number of hydrogen-bond acceptors (Lipinski definition) is 10. The summed E-state index contributed by atoms with van der Waals surface area (Å²) in [7, 11) is 4.62. The lowest BCUT2D eigenvalue weighted by Gasteiger charge is -2.22. The molecule has 1 saturated heterocycles. The van der Waals surface area contributed by atoms with E-state index in [0.29, 0.717) is 25.4 Å². The van der Waals surface area contributed by atoms with Crippen LogP contribution in [0.5, 0.6) is 0 Å². The average molecular weight is 529 g/mol. The van der Waals surface area contributed by atoms with Gasteiger partial charge in [-0.1, -0.05) is 19.0 Å². The summed E-state index contributed by atoms with van der Waals surface area (Å²) in [6, 6.07) is -0.385. The first kappa shape index (κ1) is 32.2. The molecule has 1 aromatic heterocycles. The largest absolute Gasteiger partial charge is 0.388 e. The van der Waals surface area contributed by atoms with Crippen LogP contribution < -0.4 is 16.0 Å². The zero-order valence-corrected chi connectivity index (χ0v) is 22.7. The Hall–Kier alpha value is -2.87. The minimum Gasteiger partial charge on any atom is -0.388 e. The fourth-order valence-electron chi connectivity index (χ4n) is 3.13. The maximum atomic E-state index is 12.6. The fraction of sp³-hybridized carbons (Fsp3) is 0.708. The van der Waals surface area contributed by atoms with Crippen molar-refractivity contribution in [1.82, 2.24) is 21.1 Å². The number of amides is 3. The van der Waals surface area contributed by atoms with Gasteiger partial charge in [0.05, 0.1) is 25.8 Å². The van der Waals surface area contributed by atoms with Crippen molar-refractivity contribution >= 4 is 23.5 Å². The van der Waals surface area contributed by atoms with Crippen molar-refractivity contribution in [2.75, 3.05) is 47.7 Å². The molecule has 1 fully saturated rings. The molecule has 13 nitrogen and oxygen atoms in total. The number of Topliss-reactive ketones (excluding diaryl/α,β-unsaturated/α-hetero) is 1. The van der Waals surface area contributed by atoms with Crippen molar-refractivity contribution in [2.24, 2.45) is 5.92 Å². The van der Waals surface area contributed by atoms with E-state index in [0.717, 1.165) is 0 Å². The third-order valence-corrected chi connectivity index (χ3v) is 5.08. The van der Waals surface area contributed by atoms with E-state index in [-0.39, 0.29) is 37.2 Å². The topological polar surface area (TPSA) is 171 Å². The lowest BCUT2D eigenvalue weighted by molar-refractivity contribution is -0.131. The maximum absolute atomic E-state index is 12.6. The first-order chi connectivity index (χ1) is 17.5. The van der Waals surface area contributed by atoms with Gasteiger partial charge in [-0.3, -0.25) is 19.2 Å². The number of aromatic nitrogens is 1. The van der Waals surface area contributed by atoms with Crippen molar-refractivity contribution in [3.8, 4) is 0 Å². The molecule has 0 spiro atoms. The highest BCUT2D eigenvalue weighted by atomic mass is 16.6. The number of epoxide rings is 1. The van der Waals surface area contributed by atoms with Gasteiger partial charge in [0.15, 0.2) is 17.2 Å². The minimum atomic E-state index is -1.08. The quantitative estimate of drug-likeness (QED) is 0.268. The molecule has 0 unspecified atom stereocenters. The van der Waals surface area contributed by atoms with Gasteiger partial charge in [0.1, 0.15) is 18.2 Å². The second kappa shape index (κ2) is 16.1. The number of rotatable bonds is 15. The van der Waals surface area contributed by atoms with Crippen LogP contribution >= 0.6 is 0 Å². The van der Waals surface area contributed by atoms with E-state index in [1.54, 1.807) is 21.1 Å². The second-order valence-electron chi connectivity index (χ2n) is 9.06. The number of methoxy groups -OCH3 is 2. The lowest BCUT2D eigenvalue weighted by Crippen LogP contribution is -2.53. The molecule has 37 heavy (non-hydrogen) atoms. The van der Waals surface area contributed by atoms with Gasteiger partial charge in [-0.2, -0.15) is 0 Å². The SMILES string of the molecule is CCOCc1cc(C(=O)N[C@@H](COC)C(=O)NCC(=O)N[C@@H](CC(C)C)C(=O)[C@@]2(C)CO2)no1.COC. The van der Waals surface area contributed by atoms with Crippen LogP contribution in [0.1, 0.15) is 50.4 Å². The summed E-state index contributed by atoms with van der Waals surface area (Å²) < 4.78 is 24.7. The van der Waals surface area contributed by atoms with Crippen molar-refractivity contribution < 1.29 is 42.6 Å². The molecule has 210 valence electrons. The zero-order chi connectivity index (χ0) is 28.0. The van der Waals surface area contributed by atoms with Crippen molar-refractivity contribution in [2.45, 2.75) is 58.4 Å². The van der Waals surface area contributed by atoms with Crippen LogP contribution in [0.25, 0.3) is 0 Å². The third kappa shape index (κ3) is 11.4. The van der Waals surface area contributed by atoms with E-state index in [2.05, 4.69) is 25.8 Å². The van der Waals surface area contributed by atoms with E-state index in [9.17, 15) is 19.2 Å². The molecule has 0 aliphatic carbocycles. The van der Waals surface area contributed by atoms with Gasteiger partial charge < -0.3 is 39.4 Å². The van der Waals surface area contributed by atoms with Crippen LogP contribution in [-0.2, 0) is 39.9 Å². The Morgan fingerprint density at radius 2 is 1.78 bits per heavy atom. The summed E-state index contributed by atoms with van der Waals surface area (Å²) in [6.07, 6.45) is 0.447. The molecule has 1 aliphatic heterocycles. The molecule has 3 atom stereocenters. The standard InChI is InChI=1S/C22H34N4O8.C2H6O/c1-6-32-10-14-8-16(26-34-14)21(30)25-17(11-31-5)20(29)23-9-18(27)24-15(7-13(2)3)19(28)22(4)12-33-22;1-3-2/h8,13,15,17H,6-7,9-12H2,1-5H3,(H,23,29)(H,24,27)(H,25,30);1-2H3/t15-,17-,22+;/m0./s1. The number of ketones is 1. The highest BCUT2D eigenvalue weighted by Crippen LogP contribution is 2.29. The molecule has 2 heterocycles. The first-order valence-corrected chi connectivity index (χ1v) is 12.0. The van der Waals surface area contributed by atoms with Gasteiger partial charge in [-0.25, -0.2) is 0 Å². The highest BCUT2D eigenvalue weighted by molar-refractivity contribution is 5.98. The van der Waals surface area contributed by atoms with E-state index in [1.807, 2.05) is 20.8 Å². The summed E-state index contributed by atoms with van der Waals surface area (Å²) in [6.45, 7) is 7.85.